The molecule has 2 rings (SSSR count). The molecule has 0 saturated heterocycles. The van der Waals surface area contributed by atoms with Crippen LogP contribution in [0.3, 0.4) is 0 Å². The maximum absolute atomic E-state index is 10.6. The van der Waals surface area contributed by atoms with Crippen molar-refractivity contribution in [1.82, 2.24) is 0 Å². The predicted octanol–water partition coefficient (Wildman–Crippen LogP) is 3.46. The summed E-state index contributed by atoms with van der Waals surface area (Å²) in [5.41, 5.74) is 0. The van der Waals surface area contributed by atoms with Gasteiger partial charge >= 0.3 is 5.97 Å². The molecule has 0 aromatic heterocycles. The normalized spacial score (nSPS) is 9.68. The summed E-state index contributed by atoms with van der Waals surface area (Å²) in [5, 5.41) is 8.64. The largest absolute Gasteiger partial charge is 0.475 e. The van der Waals surface area contributed by atoms with E-state index in [1.165, 1.54) is 0 Å². The average Bonchev–Trinajstić information content (AvgIpc) is 2.42. The molecule has 96 valence electrons. The summed E-state index contributed by atoms with van der Waals surface area (Å²) < 4.78 is 10.6. The number of hydrogen-bond donors (Lipinski definition) is 1. The molecule has 0 amide bonds. The van der Waals surface area contributed by atoms with Gasteiger partial charge in [-0.1, -0.05) is 18.2 Å². The Morgan fingerprint density at radius 3 is 2.00 bits per heavy atom. The zero-order valence-corrected chi connectivity index (χ0v) is 10.1. The van der Waals surface area contributed by atoms with Crippen molar-refractivity contribution in [2.45, 2.75) is 0 Å². The third kappa shape index (κ3) is 3.61. The van der Waals surface area contributed by atoms with Gasteiger partial charge in [-0.3, -0.25) is 0 Å². The fourth-order valence-electron chi connectivity index (χ4n) is 1.39. The molecule has 0 saturated carbocycles. The Hall–Kier alpha value is -2.75. The van der Waals surface area contributed by atoms with Gasteiger partial charge in [0.25, 0.3) is 0 Å². The van der Waals surface area contributed by atoms with Gasteiger partial charge in [0.2, 0.25) is 5.76 Å². The minimum Gasteiger partial charge on any atom is -0.475 e. The Morgan fingerprint density at radius 1 is 0.895 bits per heavy atom. The van der Waals surface area contributed by atoms with Gasteiger partial charge < -0.3 is 14.6 Å². The Labute approximate surface area is 110 Å². The average molecular weight is 256 g/mol. The van der Waals surface area contributed by atoms with Crippen LogP contribution in [0.5, 0.6) is 17.2 Å². The smallest absolute Gasteiger partial charge is 0.371 e. The van der Waals surface area contributed by atoms with Crippen LogP contribution in [0.25, 0.3) is 0 Å². The molecule has 0 heterocycles. The summed E-state index contributed by atoms with van der Waals surface area (Å²) >= 11 is 0. The summed E-state index contributed by atoms with van der Waals surface area (Å²) in [6.45, 7) is 3.29. The van der Waals surface area contributed by atoms with Crippen molar-refractivity contribution in [3.8, 4) is 17.2 Å². The monoisotopic (exact) mass is 256 g/mol. The second-order valence-electron chi connectivity index (χ2n) is 3.72. The first kappa shape index (κ1) is 12.7. The van der Waals surface area contributed by atoms with Crippen molar-refractivity contribution < 1.29 is 19.4 Å². The zero-order chi connectivity index (χ0) is 13.7. The van der Waals surface area contributed by atoms with E-state index in [2.05, 4.69) is 6.58 Å². The highest BCUT2D eigenvalue weighted by atomic mass is 16.5. The van der Waals surface area contributed by atoms with Gasteiger partial charge in [-0.2, -0.15) is 0 Å². The van der Waals surface area contributed by atoms with Gasteiger partial charge in [0, 0.05) is 0 Å². The van der Waals surface area contributed by atoms with Crippen LogP contribution in [-0.4, -0.2) is 11.1 Å². The highest BCUT2D eigenvalue weighted by Crippen LogP contribution is 2.24. The number of ether oxygens (including phenoxy) is 2. The lowest BCUT2D eigenvalue weighted by Crippen LogP contribution is -2.05. The molecule has 2 aromatic rings. The van der Waals surface area contributed by atoms with E-state index in [9.17, 15) is 4.79 Å². The third-order valence-corrected chi connectivity index (χ3v) is 2.28. The van der Waals surface area contributed by atoms with Gasteiger partial charge in [-0.15, -0.1) is 0 Å². The standard InChI is InChI=1S/C15H12O4/c1-11(15(16)17)18-13-7-9-14(10-8-13)19-12-5-3-2-4-6-12/h2-10H,1H2,(H,16,17). The number of carboxylic acids is 1. The molecule has 0 spiro atoms. The molecule has 2 aromatic carbocycles. The van der Waals surface area contributed by atoms with Gasteiger partial charge in [0.1, 0.15) is 17.2 Å². The molecule has 0 aliphatic rings. The lowest BCUT2D eigenvalue weighted by atomic mass is 10.3. The van der Waals surface area contributed by atoms with Crippen LogP contribution in [0.4, 0.5) is 0 Å². The van der Waals surface area contributed by atoms with E-state index < -0.39 is 5.97 Å². The quantitative estimate of drug-likeness (QED) is 0.657. The number of carbonyl (C=O) groups is 1. The molecule has 0 fully saturated rings. The van der Waals surface area contributed by atoms with Crippen LogP contribution in [0.2, 0.25) is 0 Å². The highest BCUT2D eigenvalue weighted by molar-refractivity contribution is 5.83. The topological polar surface area (TPSA) is 55.8 Å². The SMILES string of the molecule is C=C(Oc1ccc(Oc2ccccc2)cc1)C(=O)O. The summed E-state index contributed by atoms with van der Waals surface area (Å²) in [6, 6.07) is 16.0. The molecular formula is C15H12O4. The number of para-hydroxylation sites is 1. The minimum atomic E-state index is -1.19. The molecular weight excluding hydrogens is 244 g/mol. The molecule has 1 N–H and O–H groups in total. The van der Waals surface area contributed by atoms with Crippen LogP contribution in [-0.2, 0) is 4.79 Å². The van der Waals surface area contributed by atoms with E-state index in [1.807, 2.05) is 30.3 Å². The molecule has 0 radical (unpaired) electrons. The van der Waals surface area contributed by atoms with Crippen molar-refractivity contribution in [3.05, 3.63) is 66.9 Å². The van der Waals surface area contributed by atoms with E-state index in [4.69, 9.17) is 14.6 Å². The van der Waals surface area contributed by atoms with Gasteiger partial charge in [-0.25, -0.2) is 4.79 Å². The molecule has 0 aliphatic heterocycles. The molecule has 4 heteroatoms. The zero-order valence-electron chi connectivity index (χ0n) is 10.1. The highest BCUT2D eigenvalue weighted by Gasteiger charge is 2.06. The predicted molar refractivity (Wildman–Crippen MR) is 70.4 cm³/mol. The second-order valence-corrected chi connectivity index (χ2v) is 3.72. The number of hydrogen-bond acceptors (Lipinski definition) is 3. The van der Waals surface area contributed by atoms with Crippen LogP contribution in [0.15, 0.2) is 66.9 Å². The first-order chi connectivity index (χ1) is 9.15. The summed E-state index contributed by atoms with van der Waals surface area (Å²) in [7, 11) is 0. The number of aliphatic carboxylic acids is 1. The molecule has 0 unspecified atom stereocenters. The van der Waals surface area contributed by atoms with Crippen LogP contribution in [0, 0.1) is 0 Å². The molecule has 0 aliphatic carbocycles. The van der Waals surface area contributed by atoms with Gasteiger partial charge in [-0.05, 0) is 43.0 Å². The lowest BCUT2D eigenvalue weighted by molar-refractivity contribution is -0.135. The Balaban J connectivity index is 2.03. The molecule has 0 atom stereocenters. The van der Waals surface area contributed by atoms with E-state index >= 15 is 0 Å². The molecule has 4 nitrogen and oxygen atoms in total. The van der Waals surface area contributed by atoms with Crippen LogP contribution < -0.4 is 9.47 Å². The van der Waals surface area contributed by atoms with E-state index in [1.54, 1.807) is 24.3 Å². The number of benzene rings is 2. The van der Waals surface area contributed by atoms with Gasteiger partial charge in [0.15, 0.2) is 0 Å². The fourth-order valence-corrected chi connectivity index (χ4v) is 1.39. The third-order valence-electron chi connectivity index (χ3n) is 2.28. The minimum absolute atomic E-state index is 0.322. The summed E-state index contributed by atoms with van der Waals surface area (Å²) in [4.78, 5) is 10.6. The van der Waals surface area contributed by atoms with Crippen molar-refractivity contribution in [2.24, 2.45) is 0 Å². The Kier molecular flexibility index (Phi) is 3.83. The first-order valence-corrected chi connectivity index (χ1v) is 5.58. The maximum Gasteiger partial charge on any atom is 0.371 e. The lowest BCUT2D eigenvalue weighted by Gasteiger charge is -2.07. The maximum atomic E-state index is 10.6. The van der Waals surface area contributed by atoms with E-state index in [0.29, 0.717) is 11.5 Å². The summed E-state index contributed by atoms with van der Waals surface area (Å²) in [5.74, 6) is 0.250. The second kappa shape index (κ2) is 5.73. The van der Waals surface area contributed by atoms with E-state index in [0.717, 1.165) is 5.75 Å². The van der Waals surface area contributed by atoms with Crippen molar-refractivity contribution in [1.29, 1.82) is 0 Å². The Morgan fingerprint density at radius 2 is 1.42 bits per heavy atom. The van der Waals surface area contributed by atoms with Gasteiger partial charge in [0.05, 0.1) is 0 Å². The summed E-state index contributed by atoms with van der Waals surface area (Å²) in [6.07, 6.45) is 0. The van der Waals surface area contributed by atoms with Crippen LogP contribution in [0.1, 0.15) is 0 Å². The van der Waals surface area contributed by atoms with Crippen LogP contribution >= 0.6 is 0 Å². The van der Waals surface area contributed by atoms with Crippen molar-refractivity contribution in [3.63, 3.8) is 0 Å². The Bertz CT molecular complexity index is 573. The first-order valence-electron chi connectivity index (χ1n) is 5.58. The van der Waals surface area contributed by atoms with Crippen molar-refractivity contribution in [2.75, 3.05) is 0 Å². The van der Waals surface area contributed by atoms with E-state index in [-0.39, 0.29) is 5.76 Å². The number of rotatable bonds is 5. The number of carboxylic acid groups (broad SMARTS) is 1. The fraction of sp³-hybridized carbons (Fsp3) is 0. The molecule has 0 bridgehead atoms. The molecule has 19 heavy (non-hydrogen) atoms. The van der Waals surface area contributed by atoms with Crippen molar-refractivity contribution >= 4 is 5.97 Å².